The van der Waals surface area contributed by atoms with E-state index in [2.05, 4.69) is 25.0 Å². The van der Waals surface area contributed by atoms with Gasteiger partial charge in [0.2, 0.25) is 0 Å². The molecule has 0 saturated heterocycles. The van der Waals surface area contributed by atoms with Gasteiger partial charge in [0.05, 0.1) is 29.1 Å². The predicted octanol–water partition coefficient (Wildman–Crippen LogP) is 3.25. The predicted molar refractivity (Wildman–Crippen MR) is 126 cm³/mol. The molecule has 9 nitrogen and oxygen atoms in total. The number of carbonyl (C=O) groups is 1. The number of benzene rings is 1. The van der Waals surface area contributed by atoms with Crippen LogP contribution < -0.4 is 21.9 Å². The van der Waals surface area contributed by atoms with Crippen molar-refractivity contribution in [1.29, 1.82) is 0 Å². The van der Waals surface area contributed by atoms with Crippen LogP contribution in [0.15, 0.2) is 28.0 Å². The Labute approximate surface area is 191 Å². The van der Waals surface area contributed by atoms with E-state index in [0.717, 1.165) is 28.4 Å². The van der Waals surface area contributed by atoms with Gasteiger partial charge in [0, 0.05) is 0 Å². The molecule has 6 N–H and O–H groups in total. The molecule has 2 heterocycles. The van der Waals surface area contributed by atoms with Crippen LogP contribution in [0.5, 0.6) is 0 Å². The highest BCUT2D eigenvalue weighted by atomic mass is 35.5. The maximum Gasteiger partial charge on any atom is 0.271 e. The molecule has 0 bridgehead atoms. The second-order valence-electron chi connectivity index (χ2n) is 6.73. The van der Waals surface area contributed by atoms with Crippen LogP contribution in [-0.4, -0.2) is 38.9 Å². The van der Waals surface area contributed by atoms with E-state index in [9.17, 15) is 9.59 Å². The molecule has 2 aromatic heterocycles. The Balaban J connectivity index is 1.85. The fourth-order valence-corrected chi connectivity index (χ4v) is 4.63. The van der Waals surface area contributed by atoms with E-state index in [4.69, 9.17) is 22.4 Å². The van der Waals surface area contributed by atoms with Crippen molar-refractivity contribution >= 4 is 62.0 Å². The smallest absolute Gasteiger partial charge is 0.271 e. The van der Waals surface area contributed by atoms with E-state index < -0.39 is 11.6 Å². The largest absolute Gasteiger partial charge is 0.394 e. The Morgan fingerprint density at radius 3 is 2.84 bits per heavy atom. The van der Waals surface area contributed by atoms with E-state index in [1.807, 2.05) is 19.1 Å². The van der Waals surface area contributed by atoms with Gasteiger partial charge >= 0.3 is 0 Å². The first-order valence-corrected chi connectivity index (χ1v) is 11.2. The van der Waals surface area contributed by atoms with Gasteiger partial charge in [-0.15, -0.1) is 0 Å². The van der Waals surface area contributed by atoms with Crippen molar-refractivity contribution in [2.45, 2.75) is 26.8 Å². The Kier molecular flexibility index (Phi) is 7.11. The number of carbonyl (C=O) groups excluding carboxylic acids is 1. The molecule has 1 unspecified atom stereocenters. The normalized spacial score (nSPS) is 12.6. The second-order valence-corrected chi connectivity index (χ2v) is 8.95. The number of aromatic amines is 1. The molecule has 1 atom stereocenters. The van der Waals surface area contributed by atoms with Crippen LogP contribution >= 0.6 is 34.5 Å². The van der Waals surface area contributed by atoms with Gasteiger partial charge in [0.25, 0.3) is 11.5 Å². The van der Waals surface area contributed by atoms with Crippen molar-refractivity contribution in [2.24, 2.45) is 10.7 Å². The molecule has 0 aliphatic rings. The number of anilines is 3. The summed E-state index contributed by atoms with van der Waals surface area (Å²) in [6.07, 6.45) is 0. The van der Waals surface area contributed by atoms with Gasteiger partial charge in [-0.3, -0.25) is 19.0 Å². The fourth-order valence-electron chi connectivity index (χ4n) is 2.68. The van der Waals surface area contributed by atoms with Crippen LogP contribution in [0.2, 0.25) is 5.02 Å². The Morgan fingerprint density at radius 2 is 2.16 bits per heavy atom. The maximum absolute atomic E-state index is 12.8. The number of rotatable bonds is 7. The lowest BCUT2D eigenvalue weighted by Crippen LogP contribution is -2.24. The molecule has 0 radical (unpaired) electrons. The van der Waals surface area contributed by atoms with Crippen molar-refractivity contribution < 1.29 is 9.90 Å². The van der Waals surface area contributed by atoms with Crippen LogP contribution in [0, 0.1) is 13.8 Å². The summed E-state index contributed by atoms with van der Waals surface area (Å²) in [5.74, 6) is -0.327. The lowest BCUT2D eigenvalue weighted by molar-refractivity contribution is 0.102. The highest BCUT2D eigenvalue weighted by Gasteiger charge is 2.20. The van der Waals surface area contributed by atoms with Crippen molar-refractivity contribution in [1.82, 2.24) is 9.36 Å². The number of aliphatic hydroxyl groups is 1. The van der Waals surface area contributed by atoms with Crippen molar-refractivity contribution in [3.05, 3.63) is 55.3 Å². The second kappa shape index (κ2) is 9.60. The van der Waals surface area contributed by atoms with Crippen LogP contribution in [0.4, 0.5) is 15.8 Å². The first-order valence-electron chi connectivity index (χ1n) is 9.18. The lowest BCUT2D eigenvalue weighted by Gasteiger charge is -2.09. The highest BCUT2D eigenvalue weighted by molar-refractivity contribution is 7.18. The minimum atomic E-state index is -0.446. The summed E-state index contributed by atoms with van der Waals surface area (Å²) >= 11 is 8.37. The van der Waals surface area contributed by atoms with Gasteiger partial charge < -0.3 is 21.5 Å². The number of aromatic nitrogens is 2. The zero-order valence-corrected chi connectivity index (χ0v) is 19.3. The number of aliphatic hydroxyl groups excluding tert-OH is 1. The van der Waals surface area contributed by atoms with E-state index >= 15 is 0 Å². The molecule has 12 heteroatoms. The highest BCUT2D eigenvalue weighted by Crippen LogP contribution is 2.31. The summed E-state index contributed by atoms with van der Waals surface area (Å²) in [5, 5.41) is 16.3. The molecule has 0 spiro atoms. The minimum absolute atomic E-state index is 0.00647. The Morgan fingerprint density at radius 1 is 1.42 bits per heavy atom. The Bertz CT molecular complexity index is 1180. The third kappa shape index (κ3) is 5.13. The summed E-state index contributed by atoms with van der Waals surface area (Å²) in [6, 6.07) is 4.92. The minimum Gasteiger partial charge on any atom is -0.394 e. The first-order chi connectivity index (χ1) is 14.7. The van der Waals surface area contributed by atoms with Crippen molar-refractivity contribution in [3.8, 4) is 0 Å². The van der Waals surface area contributed by atoms with Crippen LogP contribution in [0.25, 0.3) is 0 Å². The third-order valence-corrected chi connectivity index (χ3v) is 6.45. The average Bonchev–Trinajstić information content (AvgIpc) is 3.26. The molecular formula is C19H21ClN6O3S2. The number of hydrogen-bond donors (Lipinski definition) is 5. The number of amidine groups is 1. The van der Waals surface area contributed by atoms with Gasteiger partial charge in [0.15, 0.2) is 5.13 Å². The van der Waals surface area contributed by atoms with Crippen LogP contribution in [-0.2, 0) is 0 Å². The molecule has 3 rings (SSSR count). The number of nitrogens with zero attached hydrogens (tertiary/aromatic N) is 2. The zero-order chi connectivity index (χ0) is 22.7. The summed E-state index contributed by atoms with van der Waals surface area (Å²) in [7, 11) is 0. The summed E-state index contributed by atoms with van der Waals surface area (Å²) in [5.41, 5.74) is 7.63. The number of H-pyrrole nitrogens is 1. The monoisotopic (exact) mass is 480 g/mol. The number of aliphatic imine (C=N–C) groups is 1. The summed E-state index contributed by atoms with van der Waals surface area (Å²) < 4.78 is 2.60. The average molecular weight is 481 g/mol. The number of aryl methyl sites for hydroxylation is 2. The quantitative estimate of drug-likeness (QED) is 0.259. The topological polar surface area (TPSA) is 145 Å². The van der Waals surface area contributed by atoms with Crippen LogP contribution in [0.1, 0.15) is 33.4 Å². The number of para-hydroxylation sites is 1. The molecule has 0 saturated carbocycles. The molecule has 164 valence electrons. The third-order valence-electron chi connectivity index (χ3n) is 4.26. The van der Waals surface area contributed by atoms with Crippen LogP contribution in [0.3, 0.4) is 0 Å². The standard InChI is InChI=1S/C19H21ClN6O3S2/c1-8-5-4-6-11(20)13(8)24-17(29)14-10(3)23-19(30-14)25-18-12(16(28)26-31-18)15(21)22-9(2)7-27/h4-6,9,27H,7H2,1-3H3,(H2,21,22)(H,23,25)(H,24,29)(H,26,28). The summed E-state index contributed by atoms with van der Waals surface area (Å²) in [4.78, 5) is 33.9. The zero-order valence-electron chi connectivity index (χ0n) is 16.9. The SMILES string of the molecule is Cc1cccc(Cl)c1NC(=O)c1sc(Nc2s[nH]c(=O)c2C(N)=NC(C)CO)nc1C. The van der Waals surface area contributed by atoms with Gasteiger partial charge in [-0.2, -0.15) is 0 Å². The molecule has 0 aliphatic carbocycles. The first kappa shape index (κ1) is 22.9. The molecule has 31 heavy (non-hydrogen) atoms. The number of halogens is 1. The van der Waals surface area contributed by atoms with Gasteiger partial charge in [-0.1, -0.05) is 35.1 Å². The fraction of sp³-hybridized carbons (Fsp3) is 0.263. The lowest BCUT2D eigenvalue weighted by atomic mass is 10.2. The molecule has 3 aromatic rings. The molecule has 0 fully saturated rings. The van der Waals surface area contributed by atoms with Gasteiger partial charge in [-0.25, -0.2) is 4.98 Å². The number of nitrogens with one attached hydrogen (secondary N) is 3. The Hall–Kier alpha value is -2.73. The number of hydrogen-bond acceptors (Lipinski definition) is 8. The molecule has 0 aliphatic heterocycles. The van der Waals surface area contributed by atoms with Gasteiger partial charge in [0.1, 0.15) is 21.3 Å². The number of nitrogens with two attached hydrogens (primary N) is 1. The van der Waals surface area contributed by atoms with E-state index in [0.29, 0.717) is 31.4 Å². The van der Waals surface area contributed by atoms with Crippen molar-refractivity contribution in [3.63, 3.8) is 0 Å². The molecular weight excluding hydrogens is 460 g/mol. The number of thiazole rings is 1. The number of amides is 1. The summed E-state index contributed by atoms with van der Waals surface area (Å²) in [6.45, 7) is 5.05. The van der Waals surface area contributed by atoms with E-state index in [-0.39, 0.29) is 23.9 Å². The van der Waals surface area contributed by atoms with E-state index in [1.54, 1.807) is 19.9 Å². The van der Waals surface area contributed by atoms with Gasteiger partial charge in [-0.05, 0) is 43.9 Å². The van der Waals surface area contributed by atoms with E-state index in [1.165, 1.54) is 0 Å². The van der Waals surface area contributed by atoms with Crippen molar-refractivity contribution in [2.75, 3.05) is 17.2 Å². The molecule has 1 aromatic carbocycles. The molecule has 1 amide bonds. The maximum atomic E-state index is 12.8.